The molecule has 18 heavy (non-hydrogen) atoms. The van der Waals surface area contributed by atoms with Crippen LogP contribution in [0.1, 0.15) is 21.1 Å². The molecule has 0 atom stereocenters. The molecule has 4 nitrogen and oxygen atoms in total. The molecule has 0 aliphatic heterocycles. The molecule has 0 radical (unpaired) electrons. The third-order valence-corrected chi connectivity index (χ3v) is 3.25. The molecule has 0 saturated carbocycles. The van der Waals surface area contributed by atoms with Crippen LogP contribution in [0.2, 0.25) is 0 Å². The minimum absolute atomic E-state index is 0.0714. The Kier molecular flexibility index (Phi) is 3.57. The molecular weight excluding hydrogens is 255 g/mol. The molecule has 0 aliphatic rings. The Hall–Kier alpha value is -1.95. The molecular formula is C12H11FN2O2S. The number of rotatable bonds is 4. The van der Waals surface area contributed by atoms with Crippen LogP contribution in [0.25, 0.3) is 0 Å². The molecule has 2 rings (SSSR count). The number of nitrogens with one attached hydrogen (secondary N) is 1. The minimum Gasteiger partial charge on any atom is -0.476 e. The predicted octanol–water partition coefficient (Wildman–Crippen LogP) is 2.90. The van der Waals surface area contributed by atoms with Crippen molar-refractivity contribution in [2.24, 2.45) is 0 Å². The molecule has 2 aromatic rings. The zero-order valence-electron chi connectivity index (χ0n) is 9.61. The number of thiazole rings is 1. The van der Waals surface area contributed by atoms with Gasteiger partial charge in [-0.2, -0.15) is 0 Å². The lowest BCUT2D eigenvalue weighted by Gasteiger charge is -2.05. The molecule has 2 N–H and O–H groups in total. The van der Waals surface area contributed by atoms with Gasteiger partial charge in [-0.05, 0) is 30.7 Å². The number of aromatic carboxylic acids is 1. The van der Waals surface area contributed by atoms with E-state index in [9.17, 15) is 9.18 Å². The van der Waals surface area contributed by atoms with Crippen LogP contribution in [0.5, 0.6) is 0 Å². The lowest BCUT2D eigenvalue weighted by atomic mass is 10.2. The SMILES string of the molecule is Cc1cc(NCc2csc(C(=O)O)n2)ccc1F. The molecule has 1 heterocycles. The number of nitrogens with zero attached hydrogens (tertiary/aromatic N) is 1. The maximum atomic E-state index is 13.1. The molecule has 1 aromatic heterocycles. The number of carbonyl (C=O) groups is 1. The van der Waals surface area contributed by atoms with E-state index >= 15 is 0 Å². The van der Waals surface area contributed by atoms with Crippen LogP contribution in [0, 0.1) is 12.7 Å². The Balaban J connectivity index is 2.02. The Bertz CT molecular complexity index is 583. The van der Waals surface area contributed by atoms with Crippen LogP contribution >= 0.6 is 11.3 Å². The smallest absolute Gasteiger partial charge is 0.365 e. The van der Waals surface area contributed by atoms with E-state index in [1.807, 2.05) is 0 Å². The van der Waals surface area contributed by atoms with Crippen LogP contribution in [0.3, 0.4) is 0 Å². The molecule has 0 aliphatic carbocycles. The summed E-state index contributed by atoms with van der Waals surface area (Å²) in [4.78, 5) is 14.6. The van der Waals surface area contributed by atoms with Crippen molar-refractivity contribution in [3.63, 3.8) is 0 Å². The number of carboxylic acids is 1. The highest BCUT2D eigenvalue weighted by Gasteiger charge is 2.08. The lowest BCUT2D eigenvalue weighted by molar-refractivity contribution is 0.0696. The van der Waals surface area contributed by atoms with Crippen molar-refractivity contribution < 1.29 is 14.3 Å². The Morgan fingerprint density at radius 1 is 1.56 bits per heavy atom. The van der Waals surface area contributed by atoms with Gasteiger partial charge in [0.2, 0.25) is 5.01 Å². The van der Waals surface area contributed by atoms with Crippen molar-refractivity contribution in [2.75, 3.05) is 5.32 Å². The Morgan fingerprint density at radius 3 is 2.94 bits per heavy atom. The Morgan fingerprint density at radius 2 is 2.33 bits per heavy atom. The second-order valence-corrected chi connectivity index (χ2v) is 4.62. The van der Waals surface area contributed by atoms with E-state index in [2.05, 4.69) is 10.3 Å². The highest BCUT2D eigenvalue weighted by molar-refractivity contribution is 7.11. The topological polar surface area (TPSA) is 62.2 Å². The number of benzene rings is 1. The van der Waals surface area contributed by atoms with Crippen LogP contribution in [-0.4, -0.2) is 16.1 Å². The summed E-state index contributed by atoms with van der Waals surface area (Å²) >= 11 is 1.09. The summed E-state index contributed by atoms with van der Waals surface area (Å²) in [7, 11) is 0. The first-order valence-electron chi connectivity index (χ1n) is 5.24. The highest BCUT2D eigenvalue weighted by Crippen LogP contribution is 2.15. The van der Waals surface area contributed by atoms with Crippen LogP contribution in [0.15, 0.2) is 23.6 Å². The van der Waals surface area contributed by atoms with Gasteiger partial charge in [0.25, 0.3) is 0 Å². The van der Waals surface area contributed by atoms with Crippen molar-refractivity contribution in [1.82, 2.24) is 4.98 Å². The van der Waals surface area contributed by atoms with Gasteiger partial charge in [-0.15, -0.1) is 11.3 Å². The van der Waals surface area contributed by atoms with Gasteiger partial charge in [0.05, 0.1) is 12.2 Å². The molecule has 94 valence electrons. The summed E-state index contributed by atoms with van der Waals surface area (Å²) in [6.07, 6.45) is 0. The number of hydrogen-bond donors (Lipinski definition) is 2. The van der Waals surface area contributed by atoms with Gasteiger partial charge in [0.1, 0.15) is 5.82 Å². The van der Waals surface area contributed by atoms with E-state index in [0.717, 1.165) is 17.0 Å². The second kappa shape index (κ2) is 5.14. The molecule has 0 saturated heterocycles. The van der Waals surface area contributed by atoms with Gasteiger partial charge in [-0.1, -0.05) is 0 Å². The molecule has 0 unspecified atom stereocenters. The summed E-state index contributed by atoms with van der Waals surface area (Å²) in [6, 6.07) is 4.72. The fourth-order valence-electron chi connectivity index (χ4n) is 1.43. The van der Waals surface area contributed by atoms with E-state index in [1.54, 1.807) is 24.4 Å². The van der Waals surface area contributed by atoms with Crippen molar-refractivity contribution >= 4 is 23.0 Å². The van der Waals surface area contributed by atoms with E-state index in [-0.39, 0.29) is 10.8 Å². The highest BCUT2D eigenvalue weighted by atomic mass is 32.1. The average molecular weight is 266 g/mol. The van der Waals surface area contributed by atoms with Gasteiger partial charge in [0, 0.05) is 11.1 Å². The van der Waals surface area contributed by atoms with Crippen molar-refractivity contribution in [3.05, 3.63) is 45.7 Å². The first kappa shape index (κ1) is 12.5. The fraction of sp³-hybridized carbons (Fsp3) is 0.167. The maximum absolute atomic E-state index is 13.1. The Labute approximate surface area is 107 Å². The average Bonchev–Trinajstić information content (AvgIpc) is 2.79. The van der Waals surface area contributed by atoms with Gasteiger partial charge in [0.15, 0.2) is 0 Å². The van der Waals surface area contributed by atoms with Gasteiger partial charge >= 0.3 is 5.97 Å². The number of hydrogen-bond acceptors (Lipinski definition) is 4. The number of halogens is 1. The second-order valence-electron chi connectivity index (χ2n) is 3.77. The first-order valence-corrected chi connectivity index (χ1v) is 6.12. The van der Waals surface area contributed by atoms with Crippen molar-refractivity contribution in [2.45, 2.75) is 13.5 Å². The van der Waals surface area contributed by atoms with Crippen LogP contribution in [0.4, 0.5) is 10.1 Å². The van der Waals surface area contributed by atoms with Crippen LogP contribution < -0.4 is 5.32 Å². The largest absolute Gasteiger partial charge is 0.476 e. The molecule has 0 bridgehead atoms. The van der Waals surface area contributed by atoms with Gasteiger partial charge < -0.3 is 10.4 Å². The minimum atomic E-state index is -1.02. The first-order chi connectivity index (χ1) is 8.56. The molecule has 0 fully saturated rings. The monoisotopic (exact) mass is 266 g/mol. The summed E-state index contributed by atoms with van der Waals surface area (Å²) < 4.78 is 13.1. The third-order valence-electron chi connectivity index (χ3n) is 2.37. The van der Waals surface area contributed by atoms with E-state index in [4.69, 9.17) is 5.11 Å². The molecule has 0 spiro atoms. The molecule has 6 heteroatoms. The molecule has 1 aromatic carbocycles. The van der Waals surface area contributed by atoms with Crippen molar-refractivity contribution in [3.8, 4) is 0 Å². The molecule has 0 amide bonds. The number of carboxylic acid groups (broad SMARTS) is 1. The van der Waals surface area contributed by atoms with Gasteiger partial charge in [-0.3, -0.25) is 0 Å². The number of aromatic nitrogens is 1. The number of aryl methyl sites for hydroxylation is 1. The normalized spacial score (nSPS) is 10.3. The maximum Gasteiger partial charge on any atom is 0.365 e. The quantitative estimate of drug-likeness (QED) is 0.893. The summed E-state index contributed by atoms with van der Waals surface area (Å²) in [6.45, 7) is 2.10. The van der Waals surface area contributed by atoms with E-state index in [1.165, 1.54) is 6.07 Å². The third kappa shape index (κ3) is 2.84. The summed E-state index contributed by atoms with van der Waals surface area (Å²) in [5.74, 6) is -1.27. The summed E-state index contributed by atoms with van der Waals surface area (Å²) in [5.41, 5.74) is 1.99. The number of anilines is 1. The summed E-state index contributed by atoms with van der Waals surface area (Å²) in [5, 5.41) is 13.6. The van der Waals surface area contributed by atoms with E-state index < -0.39 is 5.97 Å². The van der Waals surface area contributed by atoms with Crippen molar-refractivity contribution in [1.29, 1.82) is 0 Å². The lowest BCUT2D eigenvalue weighted by Crippen LogP contribution is -2.02. The standard InChI is InChI=1S/C12H11FN2O2S/c1-7-4-8(2-3-10(7)13)14-5-9-6-18-11(15-9)12(16)17/h2-4,6,14H,5H2,1H3,(H,16,17). The zero-order valence-corrected chi connectivity index (χ0v) is 10.4. The van der Waals surface area contributed by atoms with E-state index in [0.29, 0.717) is 17.8 Å². The predicted molar refractivity (Wildman–Crippen MR) is 67.5 cm³/mol. The van der Waals surface area contributed by atoms with Crippen LogP contribution in [-0.2, 0) is 6.54 Å². The fourth-order valence-corrected chi connectivity index (χ4v) is 2.09. The zero-order chi connectivity index (χ0) is 13.1. The van der Waals surface area contributed by atoms with Gasteiger partial charge in [-0.25, -0.2) is 14.2 Å².